The number of rotatable bonds is 8. The second-order valence-electron chi connectivity index (χ2n) is 5.33. The van der Waals surface area contributed by atoms with Crippen LogP contribution in [0.25, 0.3) is 0 Å². The molecule has 1 aromatic heterocycles. The molecule has 1 N–H and O–H groups in total. The molecule has 1 fully saturated rings. The van der Waals surface area contributed by atoms with Crippen LogP contribution in [0.4, 0.5) is 5.82 Å². The van der Waals surface area contributed by atoms with E-state index in [9.17, 15) is 0 Å². The third kappa shape index (κ3) is 4.18. The molecular weight excluding hydrogens is 238 g/mol. The highest BCUT2D eigenvalue weighted by Crippen LogP contribution is 2.28. The topological polar surface area (TPSA) is 37.4 Å². The van der Waals surface area contributed by atoms with E-state index in [1.165, 1.54) is 24.8 Å². The normalized spacial score (nSPS) is 15.3. The monoisotopic (exact) mass is 263 g/mol. The molecule has 4 nitrogen and oxygen atoms in total. The Hall–Kier alpha value is -1.13. The summed E-state index contributed by atoms with van der Waals surface area (Å²) in [6, 6.07) is 4.16. The van der Waals surface area contributed by atoms with Crippen LogP contribution in [0.1, 0.15) is 24.8 Å². The minimum Gasteiger partial charge on any atom is -0.383 e. The predicted octanol–water partition coefficient (Wildman–Crippen LogP) is 2.05. The van der Waals surface area contributed by atoms with E-state index in [-0.39, 0.29) is 0 Å². The minimum atomic E-state index is 0.744. The van der Waals surface area contributed by atoms with Crippen molar-refractivity contribution in [1.29, 1.82) is 0 Å². The van der Waals surface area contributed by atoms with Gasteiger partial charge in [0.25, 0.3) is 0 Å². The van der Waals surface area contributed by atoms with Crippen molar-refractivity contribution in [2.24, 2.45) is 5.92 Å². The van der Waals surface area contributed by atoms with Crippen molar-refractivity contribution in [3.05, 3.63) is 23.9 Å². The Morgan fingerprint density at radius 1 is 1.47 bits per heavy atom. The summed E-state index contributed by atoms with van der Waals surface area (Å²) in [6.07, 6.45) is 6.02. The second kappa shape index (κ2) is 7.46. The van der Waals surface area contributed by atoms with Crippen LogP contribution in [-0.4, -0.2) is 38.8 Å². The average molecular weight is 263 g/mol. The van der Waals surface area contributed by atoms with E-state index < -0.39 is 0 Å². The van der Waals surface area contributed by atoms with Gasteiger partial charge in [-0.2, -0.15) is 0 Å². The maximum atomic E-state index is 5.04. The van der Waals surface area contributed by atoms with E-state index in [1.54, 1.807) is 7.11 Å². The molecule has 0 unspecified atom stereocenters. The molecule has 0 atom stereocenters. The van der Waals surface area contributed by atoms with Crippen LogP contribution in [0.2, 0.25) is 0 Å². The standard InChI is InChI=1S/C15H25N3O/c1-18(12-13-5-3-6-13)15-14(7-4-8-17-15)11-16-9-10-19-2/h4,7-8,13,16H,3,5-6,9-12H2,1-2H3. The number of aromatic nitrogens is 1. The smallest absolute Gasteiger partial charge is 0.132 e. The molecule has 0 aliphatic heterocycles. The summed E-state index contributed by atoms with van der Waals surface area (Å²) >= 11 is 0. The number of hydrogen-bond acceptors (Lipinski definition) is 4. The zero-order chi connectivity index (χ0) is 13.5. The first kappa shape index (κ1) is 14.3. The highest BCUT2D eigenvalue weighted by Gasteiger charge is 2.20. The van der Waals surface area contributed by atoms with Crippen molar-refractivity contribution in [3.63, 3.8) is 0 Å². The Kier molecular flexibility index (Phi) is 5.61. The Morgan fingerprint density at radius 3 is 3.00 bits per heavy atom. The SMILES string of the molecule is COCCNCc1cccnc1N(C)CC1CCC1. The molecule has 0 aromatic carbocycles. The van der Waals surface area contributed by atoms with Crippen molar-refractivity contribution >= 4 is 5.82 Å². The lowest BCUT2D eigenvalue weighted by Gasteiger charge is -2.31. The van der Waals surface area contributed by atoms with Gasteiger partial charge in [0.1, 0.15) is 5.82 Å². The third-order valence-electron chi connectivity index (χ3n) is 3.78. The number of anilines is 1. The third-order valence-corrected chi connectivity index (χ3v) is 3.78. The second-order valence-corrected chi connectivity index (χ2v) is 5.33. The maximum Gasteiger partial charge on any atom is 0.132 e. The van der Waals surface area contributed by atoms with Gasteiger partial charge in [-0.25, -0.2) is 4.98 Å². The maximum absolute atomic E-state index is 5.04. The molecule has 1 aromatic rings. The fraction of sp³-hybridized carbons (Fsp3) is 0.667. The van der Waals surface area contributed by atoms with Crippen molar-refractivity contribution < 1.29 is 4.74 Å². The molecule has 0 bridgehead atoms. The molecule has 0 spiro atoms. The number of nitrogens with zero attached hydrogens (tertiary/aromatic N) is 2. The zero-order valence-electron chi connectivity index (χ0n) is 12.1. The molecule has 1 saturated carbocycles. The fourth-order valence-electron chi connectivity index (χ4n) is 2.46. The van der Waals surface area contributed by atoms with Crippen LogP contribution in [0.5, 0.6) is 0 Å². The van der Waals surface area contributed by atoms with Gasteiger partial charge in [-0.1, -0.05) is 12.5 Å². The van der Waals surface area contributed by atoms with Crippen LogP contribution in [-0.2, 0) is 11.3 Å². The van der Waals surface area contributed by atoms with E-state index in [2.05, 4.69) is 28.3 Å². The van der Waals surface area contributed by atoms with Crippen LogP contribution in [0, 0.1) is 5.92 Å². The van der Waals surface area contributed by atoms with E-state index in [0.717, 1.165) is 38.0 Å². The summed E-state index contributed by atoms with van der Waals surface area (Å²) < 4.78 is 5.04. The molecular formula is C15H25N3O. The van der Waals surface area contributed by atoms with Gasteiger partial charge in [-0.15, -0.1) is 0 Å². The molecule has 19 heavy (non-hydrogen) atoms. The fourth-order valence-corrected chi connectivity index (χ4v) is 2.46. The molecule has 1 heterocycles. The first-order valence-corrected chi connectivity index (χ1v) is 7.16. The summed E-state index contributed by atoms with van der Waals surface area (Å²) in [5, 5.41) is 3.39. The molecule has 1 aliphatic carbocycles. The van der Waals surface area contributed by atoms with E-state index in [1.807, 2.05) is 12.3 Å². The molecule has 1 aliphatic rings. The summed E-state index contributed by atoms with van der Waals surface area (Å²) in [6.45, 7) is 3.59. The first-order valence-electron chi connectivity index (χ1n) is 7.16. The van der Waals surface area contributed by atoms with Crippen LogP contribution in [0.15, 0.2) is 18.3 Å². The number of ether oxygens (including phenoxy) is 1. The lowest BCUT2D eigenvalue weighted by atomic mass is 9.85. The quantitative estimate of drug-likeness (QED) is 0.728. The van der Waals surface area contributed by atoms with Gasteiger partial charge in [-0.3, -0.25) is 0 Å². The van der Waals surface area contributed by atoms with Crippen molar-refractivity contribution in [2.45, 2.75) is 25.8 Å². The van der Waals surface area contributed by atoms with Gasteiger partial charge in [0, 0.05) is 45.6 Å². The average Bonchev–Trinajstić information content (AvgIpc) is 2.39. The van der Waals surface area contributed by atoms with E-state index in [4.69, 9.17) is 4.74 Å². The van der Waals surface area contributed by atoms with Crippen molar-refractivity contribution in [3.8, 4) is 0 Å². The van der Waals surface area contributed by atoms with Gasteiger partial charge in [0.05, 0.1) is 6.61 Å². The predicted molar refractivity (Wildman–Crippen MR) is 78.4 cm³/mol. The number of pyridine rings is 1. The minimum absolute atomic E-state index is 0.744. The van der Waals surface area contributed by atoms with E-state index >= 15 is 0 Å². The zero-order valence-corrected chi connectivity index (χ0v) is 12.1. The van der Waals surface area contributed by atoms with Crippen molar-refractivity contribution in [1.82, 2.24) is 10.3 Å². The van der Waals surface area contributed by atoms with Crippen LogP contribution >= 0.6 is 0 Å². The van der Waals surface area contributed by atoms with Gasteiger partial charge < -0.3 is 15.0 Å². The van der Waals surface area contributed by atoms with E-state index in [0.29, 0.717) is 0 Å². The molecule has 0 saturated heterocycles. The summed E-state index contributed by atoms with van der Waals surface area (Å²) in [4.78, 5) is 6.85. The van der Waals surface area contributed by atoms with Gasteiger partial charge in [0.15, 0.2) is 0 Å². The highest BCUT2D eigenvalue weighted by molar-refractivity contribution is 5.46. The number of hydrogen-bond donors (Lipinski definition) is 1. The number of methoxy groups -OCH3 is 1. The molecule has 0 radical (unpaired) electrons. The van der Waals surface area contributed by atoms with Crippen LogP contribution < -0.4 is 10.2 Å². The summed E-state index contributed by atoms with van der Waals surface area (Å²) in [5.41, 5.74) is 1.26. The number of nitrogens with one attached hydrogen (secondary N) is 1. The highest BCUT2D eigenvalue weighted by atomic mass is 16.5. The largest absolute Gasteiger partial charge is 0.383 e. The molecule has 2 rings (SSSR count). The summed E-state index contributed by atoms with van der Waals surface area (Å²) in [7, 11) is 3.88. The molecule has 4 heteroatoms. The van der Waals surface area contributed by atoms with Gasteiger partial charge in [-0.05, 0) is 24.8 Å². The Balaban J connectivity index is 1.90. The molecule has 106 valence electrons. The Labute approximate surface area is 116 Å². The lowest BCUT2D eigenvalue weighted by molar-refractivity contribution is 0.199. The molecule has 0 amide bonds. The van der Waals surface area contributed by atoms with Crippen LogP contribution in [0.3, 0.4) is 0 Å². The van der Waals surface area contributed by atoms with Gasteiger partial charge in [0.2, 0.25) is 0 Å². The van der Waals surface area contributed by atoms with Crippen molar-refractivity contribution in [2.75, 3.05) is 38.8 Å². The Bertz CT molecular complexity index is 379. The van der Waals surface area contributed by atoms with Gasteiger partial charge >= 0.3 is 0 Å². The Morgan fingerprint density at radius 2 is 2.32 bits per heavy atom. The summed E-state index contributed by atoms with van der Waals surface area (Å²) in [5.74, 6) is 1.97. The lowest BCUT2D eigenvalue weighted by Crippen LogP contribution is -2.31. The first-order chi connectivity index (χ1) is 9.31.